The van der Waals surface area contributed by atoms with E-state index in [1.165, 1.54) is 51.5 Å². The molecule has 1 aliphatic carbocycles. The van der Waals surface area contributed by atoms with Gasteiger partial charge in [-0.2, -0.15) is 0 Å². The maximum Gasteiger partial charge on any atom is 0.0661 e. The molecule has 2 unspecified atom stereocenters. The third-order valence-corrected chi connectivity index (χ3v) is 5.01. The first-order valence-electron chi connectivity index (χ1n) is 7.74. The van der Waals surface area contributed by atoms with E-state index in [0.717, 1.165) is 19.1 Å². The lowest BCUT2D eigenvalue weighted by Crippen LogP contribution is -2.61. The van der Waals surface area contributed by atoms with E-state index in [4.69, 9.17) is 10.5 Å². The summed E-state index contributed by atoms with van der Waals surface area (Å²) in [5.74, 6) is 0.773. The second kappa shape index (κ2) is 6.36. The first-order chi connectivity index (χ1) is 8.78. The van der Waals surface area contributed by atoms with Crippen LogP contribution in [0.25, 0.3) is 0 Å². The molecule has 2 fully saturated rings. The monoisotopic (exact) mass is 254 g/mol. The van der Waals surface area contributed by atoms with Crippen molar-refractivity contribution in [2.24, 2.45) is 11.7 Å². The smallest absolute Gasteiger partial charge is 0.0661 e. The summed E-state index contributed by atoms with van der Waals surface area (Å²) in [6, 6.07) is 0.715. The summed E-state index contributed by atoms with van der Waals surface area (Å²) in [5, 5.41) is 0. The van der Waals surface area contributed by atoms with Crippen LogP contribution >= 0.6 is 0 Å². The molecule has 0 aromatic heterocycles. The zero-order chi connectivity index (χ0) is 13.0. The summed E-state index contributed by atoms with van der Waals surface area (Å²) in [4.78, 5) is 2.74. The highest BCUT2D eigenvalue weighted by molar-refractivity contribution is 5.05. The topological polar surface area (TPSA) is 38.5 Å². The highest BCUT2D eigenvalue weighted by Gasteiger charge is 2.50. The molecule has 0 aromatic carbocycles. The van der Waals surface area contributed by atoms with E-state index in [2.05, 4.69) is 11.8 Å². The number of methoxy groups -OCH3 is 1. The van der Waals surface area contributed by atoms with E-state index >= 15 is 0 Å². The Balaban J connectivity index is 2.20. The number of nitrogens with two attached hydrogens (primary N) is 1. The van der Waals surface area contributed by atoms with Gasteiger partial charge in [0.05, 0.1) is 12.1 Å². The minimum absolute atomic E-state index is 0.125. The molecule has 0 amide bonds. The summed E-state index contributed by atoms with van der Waals surface area (Å²) in [6.07, 6.45) is 9.36. The van der Waals surface area contributed by atoms with Gasteiger partial charge in [-0.05, 0) is 44.6 Å². The van der Waals surface area contributed by atoms with Gasteiger partial charge in [0.15, 0.2) is 0 Å². The summed E-state index contributed by atoms with van der Waals surface area (Å²) in [5.41, 5.74) is 6.34. The van der Waals surface area contributed by atoms with Gasteiger partial charge in [0.25, 0.3) is 0 Å². The van der Waals surface area contributed by atoms with Gasteiger partial charge in [-0.15, -0.1) is 0 Å². The van der Waals surface area contributed by atoms with Crippen LogP contribution in [0.1, 0.15) is 51.9 Å². The van der Waals surface area contributed by atoms with Crippen LogP contribution in [0.4, 0.5) is 0 Å². The van der Waals surface area contributed by atoms with E-state index in [9.17, 15) is 0 Å². The number of nitrogens with zero attached hydrogens (tertiary/aromatic N) is 1. The Kier molecular flexibility index (Phi) is 5.05. The van der Waals surface area contributed by atoms with Crippen molar-refractivity contribution in [1.29, 1.82) is 0 Å². The predicted octanol–water partition coefficient (Wildman–Crippen LogP) is 2.39. The summed E-state index contributed by atoms with van der Waals surface area (Å²) in [7, 11) is 1.82. The van der Waals surface area contributed by atoms with Gasteiger partial charge in [-0.1, -0.05) is 19.8 Å². The SMILES string of the molecule is CCC1CCCCCN1C(CN)(COC)C1CC1. The normalized spacial score (nSPS) is 29.8. The van der Waals surface area contributed by atoms with Gasteiger partial charge in [-0.3, -0.25) is 4.90 Å². The van der Waals surface area contributed by atoms with Gasteiger partial charge in [0, 0.05) is 19.7 Å². The lowest BCUT2D eigenvalue weighted by molar-refractivity contribution is -0.0265. The van der Waals surface area contributed by atoms with Gasteiger partial charge in [0.2, 0.25) is 0 Å². The molecule has 1 saturated carbocycles. The van der Waals surface area contributed by atoms with Crippen molar-refractivity contribution in [1.82, 2.24) is 4.90 Å². The van der Waals surface area contributed by atoms with Crippen LogP contribution in [0, 0.1) is 5.92 Å². The van der Waals surface area contributed by atoms with E-state index in [1.807, 2.05) is 7.11 Å². The molecule has 1 saturated heterocycles. The number of hydrogen-bond acceptors (Lipinski definition) is 3. The van der Waals surface area contributed by atoms with Crippen molar-refractivity contribution in [3.8, 4) is 0 Å². The van der Waals surface area contributed by atoms with Crippen molar-refractivity contribution in [3.63, 3.8) is 0 Å². The Labute approximate surface area is 112 Å². The van der Waals surface area contributed by atoms with Crippen LogP contribution in [0.3, 0.4) is 0 Å². The first-order valence-corrected chi connectivity index (χ1v) is 7.74. The molecule has 3 heteroatoms. The Morgan fingerprint density at radius 2 is 2.00 bits per heavy atom. The third kappa shape index (κ3) is 2.73. The fourth-order valence-corrected chi connectivity index (χ4v) is 3.84. The first kappa shape index (κ1) is 14.3. The quantitative estimate of drug-likeness (QED) is 0.791. The molecule has 2 atom stereocenters. The Hall–Kier alpha value is -0.120. The lowest BCUT2D eigenvalue weighted by atomic mass is 9.89. The second-order valence-corrected chi connectivity index (χ2v) is 6.12. The van der Waals surface area contributed by atoms with Crippen LogP contribution in [-0.2, 0) is 4.74 Å². The molecule has 0 radical (unpaired) electrons. The molecule has 1 aliphatic heterocycles. The number of likely N-dealkylation sites (tertiary alicyclic amines) is 1. The van der Waals surface area contributed by atoms with E-state index < -0.39 is 0 Å². The summed E-state index contributed by atoms with van der Waals surface area (Å²) in [6.45, 7) is 5.10. The van der Waals surface area contributed by atoms with Gasteiger partial charge in [-0.25, -0.2) is 0 Å². The predicted molar refractivity (Wildman–Crippen MR) is 75.6 cm³/mol. The maximum atomic E-state index is 6.21. The van der Waals surface area contributed by atoms with Crippen LogP contribution in [0.15, 0.2) is 0 Å². The molecule has 0 aromatic rings. The molecule has 1 heterocycles. The van der Waals surface area contributed by atoms with Gasteiger partial charge in [0.1, 0.15) is 0 Å². The Bertz CT molecular complexity index is 255. The number of ether oxygens (including phenoxy) is 1. The van der Waals surface area contributed by atoms with E-state index in [0.29, 0.717) is 6.04 Å². The molecular weight excluding hydrogens is 224 g/mol. The fraction of sp³-hybridized carbons (Fsp3) is 1.00. The van der Waals surface area contributed by atoms with Crippen LogP contribution in [0.5, 0.6) is 0 Å². The molecule has 0 spiro atoms. The Morgan fingerprint density at radius 3 is 2.56 bits per heavy atom. The standard InChI is InChI=1S/C15H30N2O/c1-3-14-7-5-4-6-10-17(14)15(11-16,12-18-2)13-8-9-13/h13-14H,3-12,16H2,1-2H3. The van der Waals surface area contributed by atoms with Crippen LogP contribution < -0.4 is 5.73 Å². The molecule has 106 valence electrons. The molecule has 0 bridgehead atoms. The second-order valence-electron chi connectivity index (χ2n) is 6.12. The Morgan fingerprint density at radius 1 is 1.22 bits per heavy atom. The van der Waals surface area contributed by atoms with Crippen molar-refractivity contribution in [2.45, 2.75) is 63.5 Å². The van der Waals surface area contributed by atoms with Gasteiger partial charge < -0.3 is 10.5 Å². The molecule has 2 aliphatic rings. The zero-order valence-electron chi connectivity index (χ0n) is 12.2. The van der Waals surface area contributed by atoms with Crippen molar-refractivity contribution in [2.75, 3.05) is 26.8 Å². The summed E-state index contributed by atoms with van der Waals surface area (Å²) < 4.78 is 5.56. The van der Waals surface area contributed by atoms with Crippen LogP contribution in [-0.4, -0.2) is 43.3 Å². The minimum Gasteiger partial charge on any atom is -0.383 e. The average molecular weight is 254 g/mol. The highest BCUT2D eigenvalue weighted by atomic mass is 16.5. The number of hydrogen-bond donors (Lipinski definition) is 1. The van der Waals surface area contributed by atoms with Crippen molar-refractivity contribution in [3.05, 3.63) is 0 Å². The van der Waals surface area contributed by atoms with E-state index in [1.54, 1.807) is 0 Å². The number of rotatable bonds is 6. The van der Waals surface area contributed by atoms with Crippen molar-refractivity contribution < 1.29 is 4.74 Å². The average Bonchev–Trinajstić information content (AvgIpc) is 3.22. The van der Waals surface area contributed by atoms with E-state index in [-0.39, 0.29) is 5.54 Å². The molecule has 3 nitrogen and oxygen atoms in total. The largest absolute Gasteiger partial charge is 0.383 e. The van der Waals surface area contributed by atoms with Crippen LogP contribution in [0.2, 0.25) is 0 Å². The molecule has 2 rings (SSSR count). The summed E-state index contributed by atoms with van der Waals surface area (Å²) >= 11 is 0. The fourth-order valence-electron chi connectivity index (χ4n) is 3.84. The lowest BCUT2D eigenvalue weighted by Gasteiger charge is -2.47. The molecule has 18 heavy (non-hydrogen) atoms. The van der Waals surface area contributed by atoms with Gasteiger partial charge >= 0.3 is 0 Å². The minimum atomic E-state index is 0.125. The highest BCUT2D eigenvalue weighted by Crippen LogP contribution is 2.45. The molecular formula is C15H30N2O. The zero-order valence-corrected chi connectivity index (χ0v) is 12.2. The van der Waals surface area contributed by atoms with Crippen molar-refractivity contribution >= 4 is 0 Å². The third-order valence-electron chi connectivity index (χ3n) is 5.01. The maximum absolute atomic E-state index is 6.21. The molecule has 2 N–H and O–H groups in total.